The Hall–Kier alpha value is -0.871. The molecule has 2 N–H and O–H groups in total. The Balaban J connectivity index is 4.18. The van der Waals surface area contributed by atoms with Gasteiger partial charge in [-0.2, -0.15) is 0 Å². The molecule has 0 aromatic carbocycles. The summed E-state index contributed by atoms with van der Waals surface area (Å²) >= 11 is 2.43. The molecule has 0 spiro atoms. The SMILES string of the molecule is CCOC(=O)/C(C)=N\N=C(/N)[Se]. The van der Waals surface area contributed by atoms with Crippen LogP contribution in [0.25, 0.3) is 0 Å². The average molecular weight is 235 g/mol. The Bertz CT molecular complexity index is 221. The van der Waals surface area contributed by atoms with E-state index < -0.39 is 5.97 Å². The maximum atomic E-state index is 10.9. The van der Waals surface area contributed by atoms with Gasteiger partial charge in [0.1, 0.15) is 0 Å². The molecule has 0 saturated carbocycles. The van der Waals surface area contributed by atoms with Crippen LogP contribution in [0.15, 0.2) is 10.2 Å². The first-order valence-electron chi connectivity index (χ1n) is 3.29. The van der Waals surface area contributed by atoms with Crippen molar-refractivity contribution in [2.75, 3.05) is 6.61 Å². The standard InChI is InChI=1S/C6H10N3O2Se/c1-3-11-5(10)4(2)8-9-6(7)12/h3H2,1-2H3,(H2,7,9)/b8-4-. The van der Waals surface area contributed by atoms with E-state index in [9.17, 15) is 4.79 Å². The summed E-state index contributed by atoms with van der Waals surface area (Å²) in [6.07, 6.45) is 0. The molecule has 0 saturated heterocycles. The molecule has 1 radical (unpaired) electrons. The number of nitrogens with zero attached hydrogens (tertiary/aromatic N) is 2. The van der Waals surface area contributed by atoms with Crippen LogP contribution in [0.5, 0.6) is 0 Å². The average Bonchev–Trinajstić information content (AvgIpc) is 2.00. The quantitative estimate of drug-likeness (QED) is 0.233. The molecule has 0 aliphatic carbocycles. The molecule has 0 bridgehead atoms. The summed E-state index contributed by atoms with van der Waals surface area (Å²) in [5.41, 5.74) is 5.33. The first-order valence-corrected chi connectivity index (χ1v) is 4.15. The van der Waals surface area contributed by atoms with Crippen LogP contribution in [0, 0.1) is 0 Å². The molecule has 6 heteroatoms. The van der Waals surface area contributed by atoms with E-state index in [-0.39, 0.29) is 10.4 Å². The monoisotopic (exact) mass is 236 g/mol. The van der Waals surface area contributed by atoms with Crippen molar-refractivity contribution in [3.05, 3.63) is 0 Å². The van der Waals surface area contributed by atoms with Crippen molar-refractivity contribution in [3.8, 4) is 0 Å². The van der Waals surface area contributed by atoms with Crippen molar-refractivity contribution in [2.24, 2.45) is 15.9 Å². The number of hydrogen-bond donors (Lipinski definition) is 1. The zero-order chi connectivity index (χ0) is 9.56. The van der Waals surface area contributed by atoms with Gasteiger partial charge in [0.15, 0.2) is 0 Å². The van der Waals surface area contributed by atoms with Gasteiger partial charge in [0, 0.05) is 0 Å². The summed E-state index contributed by atoms with van der Waals surface area (Å²) in [5, 5.41) is 6.97. The molecule has 0 heterocycles. The fourth-order valence-electron chi connectivity index (χ4n) is 0.401. The Morgan fingerprint density at radius 3 is 2.58 bits per heavy atom. The van der Waals surface area contributed by atoms with E-state index >= 15 is 0 Å². The van der Waals surface area contributed by atoms with Crippen LogP contribution in [0.2, 0.25) is 0 Å². The molecular weight excluding hydrogens is 225 g/mol. The summed E-state index contributed by atoms with van der Waals surface area (Å²) in [4.78, 5) is 10.9. The summed E-state index contributed by atoms with van der Waals surface area (Å²) in [6, 6.07) is 0. The summed E-state index contributed by atoms with van der Waals surface area (Å²) in [5.74, 6) is -0.484. The van der Waals surface area contributed by atoms with E-state index in [1.807, 2.05) is 0 Å². The molecule has 67 valence electrons. The minimum absolute atomic E-state index is 0.176. The fourth-order valence-corrected chi connectivity index (χ4v) is 0.486. The molecule has 12 heavy (non-hydrogen) atoms. The van der Waals surface area contributed by atoms with Gasteiger partial charge in [-0.05, 0) is 0 Å². The number of nitrogens with two attached hydrogens (primary N) is 1. The van der Waals surface area contributed by atoms with Crippen molar-refractivity contribution < 1.29 is 9.53 Å². The molecule has 0 atom stereocenters. The van der Waals surface area contributed by atoms with Gasteiger partial charge in [0.25, 0.3) is 0 Å². The van der Waals surface area contributed by atoms with E-state index in [0.717, 1.165) is 0 Å². The van der Waals surface area contributed by atoms with Crippen molar-refractivity contribution in [1.29, 1.82) is 0 Å². The third-order valence-electron chi connectivity index (χ3n) is 0.869. The Kier molecular flexibility index (Phi) is 5.32. The summed E-state index contributed by atoms with van der Waals surface area (Å²) < 4.78 is 4.83. The third-order valence-corrected chi connectivity index (χ3v) is 1.04. The van der Waals surface area contributed by atoms with Gasteiger partial charge in [-0.1, -0.05) is 0 Å². The first kappa shape index (κ1) is 11.1. The van der Waals surface area contributed by atoms with Gasteiger partial charge in [-0.15, -0.1) is 0 Å². The molecular formula is C6H10N3O2Se. The first-order chi connectivity index (χ1) is 5.57. The molecule has 0 aromatic rings. The topological polar surface area (TPSA) is 77.0 Å². The number of hydrogen-bond acceptors (Lipinski definition) is 4. The third kappa shape index (κ3) is 4.87. The van der Waals surface area contributed by atoms with Crippen LogP contribution in [0.1, 0.15) is 13.8 Å². The van der Waals surface area contributed by atoms with Crippen molar-refractivity contribution in [2.45, 2.75) is 13.8 Å². The predicted molar refractivity (Wildman–Crippen MR) is 47.1 cm³/mol. The van der Waals surface area contributed by atoms with E-state index in [4.69, 9.17) is 5.73 Å². The van der Waals surface area contributed by atoms with Crippen LogP contribution in [0.3, 0.4) is 0 Å². The second-order valence-electron chi connectivity index (χ2n) is 1.84. The van der Waals surface area contributed by atoms with E-state index in [1.54, 1.807) is 6.92 Å². The van der Waals surface area contributed by atoms with Gasteiger partial charge in [-0.25, -0.2) is 0 Å². The maximum absolute atomic E-state index is 10.9. The number of ether oxygens (including phenoxy) is 1. The zero-order valence-electron chi connectivity index (χ0n) is 6.90. The normalized spacial score (nSPS) is 12.8. The van der Waals surface area contributed by atoms with Gasteiger partial charge in [0.2, 0.25) is 0 Å². The minimum atomic E-state index is -0.484. The van der Waals surface area contributed by atoms with Gasteiger partial charge < -0.3 is 0 Å². The van der Waals surface area contributed by atoms with Crippen LogP contribution < -0.4 is 5.73 Å². The molecule has 0 rings (SSSR count). The molecule has 5 nitrogen and oxygen atoms in total. The molecule has 0 aromatic heterocycles. The predicted octanol–water partition coefficient (Wildman–Crippen LogP) is -0.591. The van der Waals surface area contributed by atoms with Crippen LogP contribution in [-0.2, 0) is 9.53 Å². The Labute approximate surface area is 78.9 Å². The number of rotatable bonds is 3. The molecule has 0 amide bonds. The van der Waals surface area contributed by atoms with Gasteiger partial charge >= 0.3 is 78.3 Å². The second kappa shape index (κ2) is 5.74. The number of esters is 1. The van der Waals surface area contributed by atoms with Crippen LogP contribution in [0.4, 0.5) is 0 Å². The van der Waals surface area contributed by atoms with Crippen LogP contribution >= 0.6 is 0 Å². The Morgan fingerprint density at radius 2 is 2.17 bits per heavy atom. The van der Waals surface area contributed by atoms with Crippen molar-refractivity contribution >= 4 is 32.4 Å². The summed E-state index contributed by atoms with van der Waals surface area (Å²) in [7, 11) is 0. The second-order valence-corrected chi connectivity index (χ2v) is 2.72. The summed E-state index contributed by atoms with van der Waals surface area (Å²) in [6.45, 7) is 3.55. The molecule has 0 aliphatic heterocycles. The molecule has 0 fully saturated rings. The number of carbonyl (C=O) groups is 1. The molecule has 0 aliphatic rings. The zero-order valence-corrected chi connectivity index (χ0v) is 8.62. The number of carbonyl (C=O) groups excluding carboxylic acids is 1. The van der Waals surface area contributed by atoms with Crippen molar-refractivity contribution in [1.82, 2.24) is 0 Å². The van der Waals surface area contributed by atoms with Gasteiger partial charge in [0.05, 0.1) is 0 Å². The van der Waals surface area contributed by atoms with Gasteiger partial charge in [-0.3, -0.25) is 0 Å². The van der Waals surface area contributed by atoms with E-state index in [1.165, 1.54) is 6.92 Å². The molecule has 0 unspecified atom stereocenters. The number of amidine groups is 1. The Morgan fingerprint density at radius 1 is 1.58 bits per heavy atom. The fraction of sp³-hybridized carbons (Fsp3) is 0.500. The van der Waals surface area contributed by atoms with E-state index in [2.05, 4.69) is 31.0 Å². The van der Waals surface area contributed by atoms with Crippen LogP contribution in [-0.4, -0.2) is 39.0 Å². The van der Waals surface area contributed by atoms with E-state index in [0.29, 0.717) is 6.61 Å². The van der Waals surface area contributed by atoms with Crippen molar-refractivity contribution in [3.63, 3.8) is 0 Å².